The fourth-order valence-electron chi connectivity index (χ4n) is 1.71. The van der Waals surface area contributed by atoms with Crippen LogP contribution in [-0.2, 0) is 5.33 Å². The van der Waals surface area contributed by atoms with Gasteiger partial charge in [0.25, 0.3) is 0 Å². The Bertz CT molecular complexity index is 443. The second-order valence-electron chi connectivity index (χ2n) is 3.34. The van der Waals surface area contributed by atoms with E-state index < -0.39 is 0 Å². The van der Waals surface area contributed by atoms with Gasteiger partial charge in [-0.05, 0) is 47.4 Å². The fraction of sp³-hybridized carbons (Fsp3) is 0.273. The third-order valence-corrected chi connectivity index (χ3v) is 3.97. The molecule has 0 fully saturated rings. The number of halogens is 1. The van der Waals surface area contributed by atoms with Crippen molar-refractivity contribution < 1.29 is 0 Å². The molecule has 2 rings (SSSR count). The molecule has 13 heavy (non-hydrogen) atoms. The first kappa shape index (κ1) is 9.22. The maximum Gasteiger partial charge on any atom is 0.0351 e. The molecule has 0 N–H and O–H groups in total. The minimum absolute atomic E-state index is 0.945. The van der Waals surface area contributed by atoms with E-state index in [1.165, 1.54) is 26.8 Å². The summed E-state index contributed by atoms with van der Waals surface area (Å²) < 4.78 is 1.41. The van der Waals surface area contributed by atoms with Crippen LogP contribution in [0.25, 0.3) is 10.1 Å². The predicted octanol–water partition coefficient (Wildman–Crippen LogP) is 4.41. The maximum absolute atomic E-state index is 3.49. The zero-order chi connectivity index (χ0) is 9.42. The monoisotopic (exact) mass is 254 g/mol. The molecule has 2 aromatic rings. The summed E-state index contributed by atoms with van der Waals surface area (Å²) in [6.45, 7) is 4.37. The van der Waals surface area contributed by atoms with Gasteiger partial charge in [0.2, 0.25) is 0 Å². The normalized spacial score (nSPS) is 11.0. The van der Waals surface area contributed by atoms with Crippen molar-refractivity contribution >= 4 is 37.4 Å². The largest absolute Gasteiger partial charge is 0.144 e. The average molecular weight is 255 g/mol. The lowest BCUT2D eigenvalue weighted by Gasteiger charge is -2.01. The van der Waals surface area contributed by atoms with Crippen molar-refractivity contribution in [3.63, 3.8) is 0 Å². The Kier molecular flexibility index (Phi) is 2.43. The van der Waals surface area contributed by atoms with Crippen LogP contribution in [0.2, 0.25) is 0 Å². The maximum atomic E-state index is 3.49. The van der Waals surface area contributed by atoms with Crippen LogP contribution in [0.1, 0.15) is 16.7 Å². The van der Waals surface area contributed by atoms with Crippen molar-refractivity contribution in [2.24, 2.45) is 0 Å². The van der Waals surface area contributed by atoms with Gasteiger partial charge in [0.1, 0.15) is 0 Å². The van der Waals surface area contributed by atoms with Gasteiger partial charge in [-0.2, -0.15) is 0 Å². The summed E-state index contributed by atoms with van der Waals surface area (Å²) in [6.07, 6.45) is 0. The SMILES string of the molecule is Cc1csc2cc(CBr)cc(C)c12. The Morgan fingerprint density at radius 2 is 2.00 bits per heavy atom. The lowest BCUT2D eigenvalue weighted by atomic mass is 10.1. The van der Waals surface area contributed by atoms with Gasteiger partial charge in [0, 0.05) is 10.0 Å². The van der Waals surface area contributed by atoms with E-state index in [4.69, 9.17) is 0 Å². The van der Waals surface area contributed by atoms with E-state index in [2.05, 4.69) is 47.3 Å². The molecule has 0 aliphatic heterocycles. The molecule has 0 saturated carbocycles. The lowest BCUT2D eigenvalue weighted by Crippen LogP contribution is -1.81. The molecule has 1 aromatic heterocycles. The summed E-state index contributed by atoms with van der Waals surface area (Å²) in [6, 6.07) is 4.53. The van der Waals surface area contributed by atoms with Crippen LogP contribution >= 0.6 is 27.3 Å². The first-order valence-corrected chi connectivity index (χ1v) is 6.26. The third-order valence-electron chi connectivity index (χ3n) is 2.27. The molecule has 0 aliphatic carbocycles. The highest BCUT2D eigenvalue weighted by Gasteiger charge is 2.04. The number of thiophene rings is 1. The van der Waals surface area contributed by atoms with Crippen molar-refractivity contribution in [3.8, 4) is 0 Å². The van der Waals surface area contributed by atoms with Crippen molar-refractivity contribution in [2.75, 3.05) is 0 Å². The smallest absolute Gasteiger partial charge is 0.0351 e. The van der Waals surface area contributed by atoms with E-state index in [1.54, 1.807) is 0 Å². The molecule has 2 heteroatoms. The van der Waals surface area contributed by atoms with Gasteiger partial charge in [-0.25, -0.2) is 0 Å². The molecule has 0 bridgehead atoms. The van der Waals surface area contributed by atoms with Crippen LogP contribution in [0.5, 0.6) is 0 Å². The van der Waals surface area contributed by atoms with Gasteiger partial charge >= 0.3 is 0 Å². The van der Waals surface area contributed by atoms with Crippen molar-refractivity contribution in [1.82, 2.24) is 0 Å². The quantitative estimate of drug-likeness (QED) is 0.662. The van der Waals surface area contributed by atoms with Crippen LogP contribution in [0, 0.1) is 13.8 Å². The molecule has 0 amide bonds. The number of alkyl halides is 1. The van der Waals surface area contributed by atoms with Gasteiger partial charge in [0.15, 0.2) is 0 Å². The van der Waals surface area contributed by atoms with Gasteiger partial charge in [-0.3, -0.25) is 0 Å². The third kappa shape index (κ3) is 1.53. The lowest BCUT2D eigenvalue weighted by molar-refractivity contribution is 1.40. The van der Waals surface area contributed by atoms with E-state index in [9.17, 15) is 0 Å². The summed E-state index contributed by atoms with van der Waals surface area (Å²) in [7, 11) is 0. The number of hydrogen-bond acceptors (Lipinski definition) is 1. The zero-order valence-corrected chi connectivity index (χ0v) is 10.1. The number of benzene rings is 1. The van der Waals surface area contributed by atoms with Gasteiger partial charge in [-0.1, -0.05) is 22.0 Å². The summed E-state index contributed by atoms with van der Waals surface area (Å²) >= 11 is 5.33. The fourth-order valence-corrected chi connectivity index (χ4v) is 3.12. The molecule has 1 aromatic carbocycles. The minimum atomic E-state index is 0.945. The predicted molar refractivity (Wildman–Crippen MR) is 63.9 cm³/mol. The van der Waals surface area contributed by atoms with Crippen LogP contribution in [0.4, 0.5) is 0 Å². The molecule has 0 unspecified atom stereocenters. The highest BCUT2D eigenvalue weighted by molar-refractivity contribution is 9.08. The molecule has 0 radical (unpaired) electrons. The van der Waals surface area contributed by atoms with Gasteiger partial charge in [-0.15, -0.1) is 11.3 Å². The molecule has 1 heterocycles. The first-order chi connectivity index (χ1) is 6.22. The molecular weight excluding hydrogens is 244 g/mol. The second kappa shape index (κ2) is 3.43. The summed E-state index contributed by atoms with van der Waals surface area (Å²) in [5.41, 5.74) is 4.16. The highest BCUT2D eigenvalue weighted by Crippen LogP contribution is 2.30. The van der Waals surface area contributed by atoms with Crippen LogP contribution in [0.3, 0.4) is 0 Å². The molecule has 0 nitrogen and oxygen atoms in total. The van der Waals surface area contributed by atoms with Crippen LogP contribution in [-0.4, -0.2) is 0 Å². The van der Waals surface area contributed by atoms with Crippen LogP contribution < -0.4 is 0 Å². The molecule has 0 aliphatic rings. The van der Waals surface area contributed by atoms with Crippen molar-refractivity contribution in [2.45, 2.75) is 19.2 Å². The van der Waals surface area contributed by atoms with Crippen molar-refractivity contribution in [3.05, 3.63) is 34.2 Å². The summed E-state index contributed by atoms with van der Waals surface area (Å²) in [5, 5.41) is 4.62. The highest BCUT2D eigenvalue weighted by atomic mass is 79.9. The van der Waals surface area contributed by atoms with E-state index in [-0.39, 0.29) is 0 Å². The number of aryl methyl sites for hydroxylation is 2. The molecule has 68 valence electrons. The molecular formula is C11H11BrS. The van der Waals surface area contributed by atoms with Gasteiger partial charge < -0.3 is 0 Å². The topological polar surface area (TPSA) is 0 Å². The van der Waals surface area contributed by atoms with Crippen molar-refractivity contribution in [1.29, 1.82) is 0 Å². The van der Waals surface area contributed by atoms with Crippen LogP contribution in [0.15, 0.2) is 17.5 Å². The summed E-state index contributed by atoms with van der Waals surface area (Å²) in [5.74, 6) is 0. The molecule has 0 saturated heterocycles. The van der Waals surface area contributed by atoms with E-state index in [1.807, 2.05) is 11.3 Å². The zero-order valence-electron chi connectivity index (χ0n) is 7.73. The Balaban J connectivity index is 2.79. The first-order valence-electron chi connectivity index (χ1n) is 4.25. The van der Waals surface area contributed by atoms with E-state index in [0.717, 1.165) is 5.33 Å². The average Bonchev–Trinajstić information content (AvgIpc) is 2.48. The van der Waals surface area contributed by atoms with E-state index in [0.29, 0.717) is 0 Å². The molecule has 0 spiro atoms. The number of rotatable bonds is 1. The standard InChI is InChI=1S/C11H11BrS/c1-7-3-9(5-12)4-10-11(7)8(2)6-13-10/h3-4,6H,5H2,1-2H3. The Morgan fingerprint density at radius 1 is 1.23 bits per heavy atom. The Morgan fingerprint density at radius 3 is 2.69 bits per heavy atom. The summed E-state index contributed by atoms with van der Waals surface area (Å²) in [4.78, 5) is 0. The molecule has 0 atom stereocenters. The number of hydrogen-bond donors (Lipinski definition) is 0. The number of fused-ring (bicyclic) bond motifs is 1. The Hall–Kier alpha value is -0.340. The minimum Gasteiger partial charge on any atom is -0.144 e. The van der Waals surface area contributed by atoms with Gasteiger partial charge in [0.05, 0.1) is 0 Å². The van der Waals surface area contributed by atoms with E-state index >= 15 is 0 Å². The second-order valence-corrected chi connectivity index (χ2v) is 4.81. The Labute approximate surface area is 90.7 Å².